The van der Waals surface area contributed by atoms with E-state index in [1.807, 2.05) is 13.8 Å². The van der Waals surface area contributed by atoms with E-state index in [2.05, 4.69) is 84.6 Å². The maximum absolute atomic E-state index is 11.9. The second-order valence-electron chi connectivity index (χ2n) is 10.5. The van der Waals surface area contributed by atoms with Gasteiger partial charge >= 0.3 is 6.09 Å². The molecule has 0 saturated heterocycles. The van der Waals surface area contributed by atoms with Gasteiger partial charge in [0.05, 0.1) is 5.54 Å². The Labute approximate surface area is 166 Å². The van der Waals surface area contributed by atoms with Crippen molar-refractivity contribution in [1.82, 2.24) is 5.32 Å². The Morgan fingerprint density at radius 2 is 1.44 bits per heavy atom. The molecule has 0 radical (unpaired) electrons. The van der Waals surface area contributed by atoms with E-state index in [0.29, 0.717) is 0 Å². The van der Waals surface area contributed by atoms with Crippen LogP contribution in [0.15, 0.2) is 36.9 Å². The van der Waals surface area contributed by atoms with Crippen LogP contribution < -0.4 is 5.32 Å². The summed E-state index contributed by atoms with van der Waals surface area (Å²) in [5.74, 6) is 0. The zero-order valence-corrected chi connectivity index (χ0v) is 18.8. The molecule has 0 bridgehead atoms. The van der Waals surface area contributed by atoms with E-state index in [-0.39, 0.29) is 22.9 Å². The van der Waals surface area contributed by atoms with Crippen LogP contribution in [0.25, 0.3) is 0 Å². The number of nitrogens with one attached hydrogen (secondary N) is 1. The van der Waals surface area contributed by atoms with Gasteiger partial charge in [-0.2, -0.15) is 0 Å². The van der Waals surface area contributed by atoms with Crippen LogP contribution >= 0.6 is 0 Å². The van der Waals surface area contributed by atoms with Gasteiger partial charge in [-0.15, -0.1) is 0 Å². The topological polar surface area (TPSA) is 38.3 Å². The monoisotopic (exact) mass is 373 g/mol. The normalized spacial score (nSPS) is 15.0. The van der Waals surface area contributed by atoms with Crippen molar-refractivity contribution in [3.05, 3.63) is 48.0 Å². The number of carbonyl (C=O) groups is 1. The summed E-state index contributed by atoms with van der Waals surface area (Å²) >= 11 is 0. The van der Waals surface area contributed by atoms with Crippen LogP contribution in [0.4, 0.5) is 4.79 Å². The summed E-state index contributed by atoms with van der Waals surface area (Å²) in [5, 5.41) is 2.93. The Bertz CT molecular complexity index is 644. The van der Waals surface area contributed by atoms with Gasteiger partial charge in [0.15, 0.2) is 0 Å². The molecule has 0 aliphatic heterocycles. The molecule has 0 spiro atoms. The number of rotatable bonds is 6. The van der Waals surface area contributed by atoms with Crippen LogP contribution in [-0.2, 0) is 15.7 Å². The van der Waals surface area contributed by atoms with Crippen molar-refractivity contribution in [1.29, 1.82) is 0 Å². The predicted octanol–water partition coefficient (Wildman–Crippen LogP) is 6.57. The molecule has 3 nitrogen and oxygen atoms in total. The summed E-state index contributed by atoms with van der Waals surface area (Å²) in [6.45, 7) is 23.9. The van der Waals surface area contributed by atoms with Gasteiger partial charge < -0.3 is 10.1 Å². The molecular weight excluding hydrogens is 334 g/mol. The molecule has 1 atom stereocenters. The molecule has 0 heterocycles. The SMILES string of the molecule is C=CCOC(=O)NC(C)(C)c1ccc(C(C)(CC(C)(C)C)C(C)(C)C)cc1. The summed E-state index contributed by atoms with van der Waals surface area (Å²) in [6, 6.07) is 8.67. The largest absolute Gasteiger partial charge is 0.445 e. The van der Waals surface area contributed by atoms with Gasteiger partial charge in [0.1, 0.15) is 6.61 Å². The minimum atomic E-state index is -0.515. The summed E-state index contributed by atoms with van der Waals surface area (Å²) in [4.78, 5) is 11.9. The molecule has 0 fully saturated rings. The number of benzene rings is 1. The van der Waals surface area contributed by atoms with Gasteiger partial charge in [-0.05, 0) is 47.6 Å². The Hall–Kier alpha value is -1.77. The molecule has 1 N–H and O–H groups in total. The molecule has 0 aliphatic rings. The number of alkyl carbamates (subject to hydrolysis) is 1. The van der Waals surface area contributed by atoms with Crippen molar-refractivity contribution in [2.75, 3.05) is 6.61 Å². The Kier molecular flexibility index (Phi) is 6.96. The molecule has 3 heteroatoms. The highest BCUT2D eigenvalue weighted by Gasteiger charge is 2.41. The lowest BCUT2D eigenvalue weighted by molar-refractivity contribution is 0.134. The standard InChI is InChI=1S/C24H39NO2/c1-11-16-27-20(26)25-23(8,9)18-12-14-19(15-13-18)24(10,22(5,6)7)17-21(2,3)4/h11-15H,1,16-17H2,2-10H3,(H,25,26). The van der Waals surface area contributed by atoms with E-state index < -0.39 is 11.6 Å². The highest BCUT2D eigenvalue weighted by Crippen LogP contribution is 2.48. The molecular formula is C24H39NO2. The molecule has 152 valence electrons. The average molecular weight is 374 g/mol. The van der Waals surface area contributed by atoms with Crippen LogP contribution in [0.3, 0.4) is 0 Å². The summed E-state index contributed by atoms with van der Waals surface area (Å²) in [6.07, 6.45) is 2.22. The number of amides is 1. The van der Waals surface area contributed by atoms with E-state index in [1.54, 1.807) is 6.08 Å². The van der Waals surface area contributed by atoms with Crippen LogP contribution in [0.5, 0.6) is 0 Å². The molecule has 27 heavy (non-hydrogen) atoms. The van der Waals surface area contributed by atoms with E-state index in [9.17, 15) is 4.79 Å². The Morgan fingerprint density at radius 3 is 1.85 bits per heavy atom. The molecule has 0 saturated carbocycles. The first-order valence-electron chi connectivity index (χ1n) is 9.79. The number of ether oxygens (including phenoxy) is 1. The Morgan fingerprint density at radius 1 is 0.963 bits per heavy atom. The van der Waals surface area contributed by atoms with Crippen LogP contribution in [0, 0.1) is 10.8 Å². The van der Waals surface area contributed by atoms with Crippen LogP contribution in [0.2, 0.25) is 0 Å². The van der Waals surface area contributed by atoms with Crippen LogP contribution in [0.1, 0.15) is 79.9 Å². The highest BCUT2D eigenvalue weighted by atomic mass is 16.5. The molecule has 1 unspecified atom stereocenters. The van der Waals surface area contributed by atoms with Gasteiger partial charge in [-0.25, -0.2) is 4.79 Å². The van der Waals surface area contributed by atoms with Crippen LogP contribution in [-0.4, -0.2) is 12.7 Å². The first-order chi connectivity index (χ1) is 12.1. The molecule has 1 aromatic rings. The second kappa shape index (κ2) is 8.08. The van der Waals surface area contributed by atoms with Gasteiger partial charge in [0, 0.05) is 0 Å². The molecule has 1 aromatic carbocycles. The van der Waals surface area contributed by atoms with E-state index >= 15 is 0 Å². The van der Waals surface area contributed by atoms with Crippen molar-refractivity contribution in [3.8, 4) is 0 Å². The fourth-order valence-corrected chi connectivity index (χ4v) is 3.61. The molecule has 0 aromatic heterocycles. The predicted molar refractivity (Wildman–Crippen MR) is 115 cm³/mol. The van der Waals surface area contributed by atoms with E-state index in [0.717, 1.165) is 12.0 Å². The van der Waals surface area contributed by atoms with Crippen molar-refractivity contribution in [3.63, 3.8) is 0 Å². The van der Waals surface area contributed by atoms with Crippen molar-refractivity contribution < 1.29 is 9.53 Å². The fourth-order valence-electron chi connectivity index (χ4n) is 3.61. The van der Waals surface area contributed by atoms with Crippen molar-refractivity contribution >= 4 is 6.09 Å². The summed E-state index contributed by atoms with van der Waals surface area (Å²) in [7, 11) is 0. The number of hydrogen-bond acceptors (Lipinski definition) is 2. The third-order valence-corrected chi connectivity index (χ3v) is 5.53. The van der Waals surface area contributed by atoms with Gasteiger partial charge in [-0.3, -0.25) is 0 Å². The first-order valence-corrected chi connectivity index (χ1v) is 9.79. The van der Waals surface area contributed by atoms with E-state index in [1.165, 1.54) is 5.56 Å². The smallest absolute Gasteiger partial charge is 0.408 e. The summed E-state index contributed by atoms with van der Waals surface area (Å²) < 4.78 is 5.06. The van der Waals surface area contributed by atoms with Gasteiger partial charge in [0.2, 0.25) is 0 Å². The number of carbonyl (C=O) groups excluding carboxylic acids is 1. The third-order valence-electron chi connectivity index (χ3n) is 5.53. The lowest BCUT2D eigenvalue weighted by atomic mass is 9.58. The zero-order chi connectivity index (χ0) is 21.1. The first kappa shape index (κ1) is 23.3. The molecule has 1 rings (SSSR count). The molecule has 1 amide bonds. The Balaban J connectivity index is 3.14. The third kappa shape index (κ3) is 6.12. The lowest BCUT2D eigenvalue weighted by Gasteiger charge is -2.46. The minimum Gasteiger partial charge on any atom is -0.445 e. The van der Waals surface area contributed by atoms with Gasteiger partial charge in [0.25, 0.3) is 0 Å². The van der Waals surface area contributed by atoms with E-state index in [4.69, 9.17) is 4.74 Å². The zero-order valence-electron chi connectivity index (χ0n) is 18.8. The lowest BCUT2D eigenvalue weighted by Crippen LogP contribution is -2.42. The number of hydrogen-bond donors (Lipinski definition) is 1. The van der Waals surface area contributed by atoms with Gasteiger partial charge in [-0.1, -0.05) is 85.4 Å². The summed E-state index contributed by atoms with van der Waals surface area (Å²) in [5.41, 5.74) is 2.27. The maximum atomic E-state index is 11.9. The fraction of sp³-hybridized carbons (Fsp3) is 0.625. The maximum Gasteiger partial charge on any atom is 0.408 e. The minimum absolute atomic E-state index is 0.0459. The quantitative estimate of drug-likeness (QED) is 0.572. The highest BCUT2D eigenvalue weighted by molar-refractivity contribution is 5.68. The van der Waals surface area contributed by atoms with Crippen molar-refractivity contribution in [2.24, 2.45) is 10.8 Å². The molecule has 0 aliphatic carbocycles. The average Bonchev–Trinajstić information content (AvgIpc) is 2.50. The van der Waals surface area contributed by atoms with Crippen molar-refractivity contribution in [2.45, 2.75) is 79.7 Å². The second-order valence-corrected chi connectivity index (χ2v) is 10.5.